The molecule has 7 nitrogen and oxygen atoms in total. The number of carboxylic acid groups (broad SMARTS) is 1. The van der Waals surface area contributed by atoms with Gasteiger partial charge in [0, 0.05) is 40.4 Å². The summed E-state index contributed by atoms with van der Waals surface area (Å²) < 4.78 is 2.93. The Kier molecular flexibility index (Phi) is 5.11. The number of para-hydroxylation sites is 1. The van der Waals surface area contributed by atoms with Crippen LogP contribution < -0.4 is 5.32 Å². The minimum atomic E-state index is -0.904. The first-order chi connectivity index (χ1) is 13.4. The van der Waals surface area contributed by atoms with Gasteiger partial charge in [-0.2, -0.15) is 0 Å². The molecule has 1 aliphatic heterocycles. The van der Waals surface area contributed by atoms with Crippen molar-refractivity contribution in [1.29, 1.82) is 0 Å². The third-order valence-electron chi connectivity index (χ3n) is 4.94. The molecule has 28 heavy (non-hydrogen) atoms. The van der Waals surface area contributed by atoms with Crippen LogP contribution in [0.1, 0.15) is 17.0 Å². The van der Waals surface area contributed by atoms with E-state index < -0.39 is 6.09 Å². The largest absolute Gasteiger partial charge is 0.465 e. The number of hydrogen-bond acceptors (Lipinski definition) is 4. The number of fused-ring (bicyclic) bond motifs is 3. The van der Waals surface area contributed by atoms with Crippen molar-refractivity contribution in [1.82, 2.24) is 14.5 Å². The van der Waals surface area contributed by atoms with Gasteiger partial charge in [-0.05, 0) is 40.9 Å². The molecular weight excluding hydrogens is 444 g/mol. The zero-order chi connectivity index (χ0) is 19.8. The molecule has 2 amide bonds. The van der Waals surface area contributed by atoms with Gasteiger partial charge < -0.3 is 19.9 Å². The molecule has 0 saturated carbocycles. The fourth-order valence-corrected chi connectivity index (χ4v) is 5.01. The highest BCUT2D eigenvalue weighted by Gasteiger charge is 2.25. The molecule has 3 heterocycles. The first-order valence-corrected chi connectivity index (χ1v) is 10.6. The summed E-state index contributed by atoms with van der Waals surface area (Å²) in [7, 11) is 0. The first-order valence-electron chi connectivity index (χ1n) is 8.92. The summed E-state index contributed by atoms with van der Waals surface area (Å²) >= 11 is 5.02. The summed E-state index contributed by atoms with van der Waals surface area (Å²) in [5.41, 5.74) is 3.99. The second-order valence-corrected chi connectivity index (χ2v) is 8.47. The fourth-order valence-electron chi connectivity index (χ4n) is 3.73. The summed E-state index contributed by atoms with van der Waals surface area (Å²) in [5.74, 6) is -0.149. The second-order valence-electron chi connectivity index (χ2n) is 6.76. The molecule has 0 atom stereocenters. The molecule has 2 aromatic heterocycles. The van der Waals surface area contributed by atoms with Crippen molar-refractivity contribution in [2.45, 2.75) is 26.3 Å². The zero-order valence-electron chi connectivity index (χ0n) is 15.2. The van der Waals surface area contributed by atoms with Crippen LogP contribution in [0, 0.1) is 6.92 Å². The van der Waals surface area contributed by atoms with Gasteiger partial charge >= 0.3 is 6.09 Å². The van der Waals surface area contributed by atoms with E-state index in [1.807, 2.05) is 35.1 Å². The summed E-state index contributed by atoms with van der Waals surface area (Å²) in [5, 5.41) is 15.8. The van der Waals surface area contributed by atoms with Gasteiger partial charge in [0.1, 0.15) is 6.54 Å². The number of aromatic nitrogens is 2. The average Bonchev–Trinajstić information content (AvgIpc) is 3.08. The van der Waals surface area contributed by atoms with Gasteiger partial charge in [0.05, 0.1) is 11.2 Å². The van der Waals surface area contributed by atoms with Crippen molar-refractivity contribution < 1.29 is 14.7 Å². The molecule has 0 bridgehead atoms. The average molecular weight is 463 g/mol. The van der Waals surface area contributed by atoms with Gasteiger partial charge in [0.15, 0.2) is 5.13 Å². The van der Waals surface area contributed by atoms with Gasteiger partial charge in [0.25, 0.3) is 0 Å². The maximum absolute atomic E-state index is 12.7. The molecule has 0 radical (unpaired) electrons. The maximum Gasteiger partial charge on any atom is 0.407 e. The van der Waals surface area contributed by atoms with E-state index in [9.17, 15) is 14.7 Å². The molecule has 1 aromatic carbocycles. The highest BCUT2D eigenvalue weighted by Crippen LogP contribution is 2.34. The molecule has 2 N–H and O–H groups in total. The van der Waals surface area contributed by atoms with Crippen LogP contribution in [0.2, 0.25) is 0 Å². The van der Waals surface area contributed by atoms with E-state index in [1.54, 1.807) is 0 Å². The van der Waals surface area contributed by atoms with Crippen LogP contribution >= 0.6 is 27.3 Å². The molecule has 9 heteroatoms. The number of carbonyl (C=O) groups excluding carboxylic acids is 1. The van der Waals surface area contributed by atoms with E-state index in [0.717, 1.165) is 32.3 Å². The third kappa shape index (κ3) is 3.51. The van der Waals surface area contributed by atoms with Crippen molar-refractivity contribution in [2.75, 3.05) is 18.4 Å². The Morgan fingerprint density at radius 1 is 1.32 bits per heavy atom. The third-order valence-corrected chi connectivity index (χ3v) is 6.46. The lowest BCUT2D eigenvalue weighted by Crippen LogP contribution is -2.32. The summed E-state index contributed by atoms with van der Waals surface area (Å²) in [6, 6.07) is 5.97. The van der Waals surface area contributed by atoms with E-state index >= 15 is 0 Å². The van der Waals surface area contributed by atoms with Crippen LogP contribution in [-0.2, 0) is 24.2 Å². The zero-order valence-corrected chi connectivity index (χ0v) is 17.6. The van der Waals surface area contributed by atoms with Crippen LogP contribution in [0.25, 0.3) is 10.9 Å². The van der Waals surface area contributed by atoms with Gasteiger partial charge in [-0.1, -0.05) is 12.1 Å². The quantitative estimate of drug-likeness (QED) is 0.617. The molecule has 0 spiro atoms. The molecule has 0 fully saturated rings. The van der Waals surface area contributed by atoms with Gasteiger partial charge in [-0.15, -0.1) is 11.3 Å². The topological polar surface area (TPSA) is 87.5 Å². The Morgan fingerprint density at radius 3 is 2.82 bits per heavy atom. The molecule has 4 rings (SSSR count). The normalized spacial score (nSPS) is 14.0. The maximum atomic E-state index is 12.7. The number of nitrogens with one attached hydrogen (secondary N) is 1. The van der Waals surface area contributed by atoms with E-state index in [2.05, 4.69) is 26.2 Å². The lowest BCUT2D eigenvalue weighted by molar-refractivity contribution is -0.116. The van der Waals surface area contributed by atoms with Crippen molar-refractivity contribution in [3.8, 4) is 0 Å². The lowest BCUT2D eigenvalue weighted by Gasteiger charge is -2.16. The second kappa shape index (κ2) is 7.56. The van der Waals surface area contributed by atoms with Crippen molar-refractivity contribution >= 4 is 55.3 Å². The highest BCUT2D eigenvalue weighted by molar-refractivity contribution is 9.10. The van der Waals surface area contributed by atoms with Crippen LogP contribution in [0.5, 0.6) is 0 Å². The number of rotatable bonds is 3. The van der Waals surface area contributed by atoms with Crippen LogP contribution in [0.4, 0.5) is 9.93 Å². The Hall–Kier alpha value is -2.39. The van der Waals surface area contributed by atoms with E-state index in [-0.39, 0.29) is 12.5 Å². The summed E-state index contributed by atoms with van der Waals surface area (Å²) in [6.07, 6.45) is 0.306. The van der Waals surface area contributed by atoms with Gasteiger partial charge in [-0.3, -0.25) is 4.79 Å². The van der Waals surface area contributed by atoms with Gasteiger partial charge in [-0.25, -0.2) is 9.78 Å². The molecule has 0 unspecified atom stereocenters. The predicted octanol–water partition coefficient (Wildman–Crippen LogP) is 3.89. The van der Waals surface area contributed by atoms with Crippen molar-refractivity contribution in [3.63, 3.8) is 0 Å². The monoisotopic (exact) mass is 462 g/mol. The number of halogens is 1. The molecular formula is C19H19BrN4O3S. The lowest BCUT2D eigenvalue weighted by atomic mass is 10.1. The van der Waals surface area contributed by atoms with Crippen molar-refractivity contribution in [2.24, 2.45) is 0 Å². The number of nitrogens with zero attached hydrogens (tertiary/aromatic N) is 3. The smallest absolute Gasteiger partial charge is 0.407 e. The number of amides is 2. The SMILES string of the molecule is Cc1csc(NC(=O)Cn2c3c(c4cccc(Br)c42)CCN(C(=O)O)CC3)n1. The van der Waals surface area contributed by atoms with Gasteiger partial charge in [0.2, 0.25) is 5.91 Å². The molecule has 1 aliphatic rings. The summed E-state index contributed by atoms with van der Waals surface area (Å²) in [6.45, 7) is 2.92. The van der Waals surface area contributed by atoms with Crippen LogP contribution in [0.15, 0.2) is 28.1 Å². The number of thiazole rings is 1. The number of aryl methyl sites for hydroxylation is 1. The standard InChI is InChI=1S/C19H19BrN4O3S/c1-11-10-28-18(21-11)22-16(25)9-24-15-6-8-23(19(26)27)7-5-12(15)13-3-2-4-14(20)17(13)24/h2-4,10H,5-9H2,1H3,(H,26,27)(H,21,22,25). The number of hydrogen-bond donors (Lipinski definition) is 2. The summed E-state index contributed by atoms with van der Waals surface area (Å²) in [4.78, 5) is 29.8. The molecule has 0 saturated heterocycles. The van der Waals surface area contributed by atoms with E-state index in [0.29, 0.717) is 31.1 Å². The molecule has 3 aromatic rings. The minimum absolute atomic E-state index is 0.149. The fraction of sp³-hybridized carbons (Fsp3) is 0.316. The predicted molar refractivity (Wildman–Crippen MR) is 112 cm³/mol. The van der Waals surface area contributed by atoms with Crippen LogP contribution in [0.3, 0.4) is 0 Å². The minimum Gasteiger partial charge on any atom is -0.465 e. The number of carbonyl (C=O) groups is 2. The number of anilines is 1. The Bertz CT molecular complexity index is 1070. The van der Waals surface area contributed by atoms with E-state index in [4.69, 9.17) is 0 Å². The molecule has 0 aliphatic carbocycles. The Labute approximate surface area is 174 Å². The Morgan fingerprint density at radius 2 is 2.11 bits per heavy atom. The highest BCUT2D eigenvalue weighted by atomic mass is 79.9. The first kappa shape index (κ1) is 18.9. The Balaban J connectivity index is 1.71. The molecule has 146 valence electrons. The number of benzene rings is 1. The van der Waals surface area contributed by atoms with Crippen LogP contribution in [-0.4, -0.2) is 44.6 Å². The van der Waals surface area contributed by atoms with Crippen molar-refractivity contribution in [3.05, 3.63) is 45.0 Å². The van der Waals surface area contributed by atoms with E-state index in [1.165, 1.54) is 16.2 Å².